The summed E-state index contributed by atoms with van der Waals surface area (Å²) in [6.07, 6.45) is 2.46. The molecule has 0 amide bonds. The highest BCUT2D eigenvalue weighted by Gasteiger charge is 2.28. The highest BCUT2D eigenvalue weighted by Crippen LogP contribution is 2.23. The quantitative estimate of drug-likeness (QED) is 0.754. The zero-order chi connectivity index (χ0) is 10.1. The van der Waals surface area contributed by atoms with Crippen molar-refractivity contribution in [3.8, 4) is 0 Å². The molecule has 0 saturated carbocycles. The number of carbonyl (C=O) groups is 1. The van der Waals surface area contributed by atoms with Gasteiger partial charge in [0.25, 0.3) is 0 Å². The van der Waals surface area contributed by atoms with Gasteiger partial charge < -0.3 is 4.74 Å². The Balaban J connectivity index is 2.25. The van der Waals surface area contributed by atoms with Gasteiger partial charge in [0.2, 0.25) is 0 Å². The number of Topliss-reactive ketones (excluding diaryl/α,β-unsaturated/α-hetero) is 1. The van der Waals surface area contributed by atoms with Gasteiger partial charge in [0.05, 0.1) is 17.3 Å². The number of carbonyl (C=O) groups excluding carboxylic acids is 1. The summed E-state index contributed by atoms with van der Waals surface area (Å²) in [5.74, 6) is 0.121. The van der Waals surface area contributed by atoms with Gasteiger partial charge in [0, 0.05) is 19.6 Å². The molecule has 1 aromatic heterocycles. The zero-order valence-corrected chi connectivity index (χ0v) is 9.45. The number of nitrogens with zero attached hydrogens (tertiary/aromatic N) is 2. The molecule has 1 atom stereocenters. The lowest BCUT2D eigenvalue weighted by Gasteiger charge is -2.06. The van der Waals surface area contributed by atoms with Gasteiger partial charge in [-0.3, -0.25) is 9.48 Å². The van der Waals surface area contributed by atoms with Crippen LogP contribution in [-0.4, -0.2) is 28.8 Å². The lowest BCUT2D eigenvalue weighted by Crippen LogP contribution is -2.18. The molecule has 1 fully saturated rings. The van der Waals surface area contributed by atoms with Crippen molar-refractivity contribution in [2.45, 2.75) is 6.42 Å². The summed E-state index contributed by atoms with van der Waals surface area (Å²) >= 11 is 3.32. The molecular formula is C9H11BrN2O2. The molecule has 76 valence electrons. The normalized spacial score (nSPS) is 21.4. The summed E-state index contributed by atoms with van der Waals surface area (Å²) in [6, 6.07) is 0. The molecule has 1 aliphatic heterocycles. The molecule has 0 N–H and O–H groups in total. The molecule has 1 saturated heterocycles. The van der Waals surface area contributed by atoms with Crippen LogP contribution in [0.5, 0.6) is 0 Å². The highest BCUT2D eigenvalue weighted by atomic mass is 79.9. The van der Waals surface area contributed by atoms with Crippen LogP contribution in [0, 0.1) is 5.92 Å². The van der Waals surface area contributed by atoms with Crippen LogP contribution in [0.2, 0.25) is 0 Å². The molecule has 1 aliphatic rings. The fourth-order valence-electron chi connectivity index (χ4n) is 1.62. The predicted molar refractivity (Wildman–Crippen MR) is 54.2 cm³/mol. The maximum Gasteiger partial charge on any atom is 0.187 e. The van der Waals surface area contributed by atoms with Crippen molar-refractivity contribution in [1.82, 2.24) is 9.78 Å². The highest BCUT2D eigenvalue weighted by molar-refractivity contribution is 9.10. The lowest BCUT2D eigenvalue weighted by molar-refractivity contribution is 0.0890. The Hall–Kier alpha value is -0.680. The molecule has 4 nitrogen and oxygen atoms in total. The molecule has 0 aromatic carbocycles. The standard InChI is InChI=1S/C9H11BrN2O2/c1-12-8(7(10)4-11-12)9(13)6-2-3-14-5-6/h4,6H,2-3,5H2,1H3. The summed E-state index contributed by atoms with van der Waals surface area (Å²) in [6.45, 7) is 1.22. The summed E-state index contributed by atoms with van der Waals surface area (Å²) in [5, 5.41) is 4.02. The number of halogens is 1. The van der Waals surface area contributed by atoms with Crippen molar-refractivity contribution < 1.29 is 9.53 Å². The number of rotatable bonds is 2. The van der Waals surface area contributed by atoms with E-state index in [9.17, 15) is 4.79 Å². The molecule has 2 heterocycles. The Morgan fingerprint density at radius 3 is 3.07 bits per heavy atom. The molecular weight excluding hydrogens is 248 g/mol. The largest absolute Gasteiger partial charge is 0.381 e. The van der Waals surface area contributed by atoms with Crippen molar-refractivity contribution in [2.24, 2.45) is 13.0 Å². The molecule has 0 radical (unpaired) electrons. The number of hydrogen-bond donors (Lipinski definition) is 0. The van der Waals surface area contributed by atoms with Gasteiger partial charge in [-0.05, 0) is 22.4 Å². The van der Waals surface area contributed by atoms with Gasteiger partial charge in [0.1, 0.15) is 5.69 Å². The first-order valence-electron chi connectivity index (χ1n) is 4.49. The van der Waals surface area contributed by atoms with Crippen LogP contribution in [0.4, 0.5) is 0 Å². The van der Waals surface area contributed by atoms with Crippen LogP contribution in [0.25, 0.3) is 0 Å². The Morgan fingerprint density at radius 2 is 2.57 bits per heavy atom. The van der Waals surface area contributed by atoms with Crippen molar-refractivity contribution in [2.75, 3.05) is 13.2 Å². The van der Waals surface area contributed by atoms with E-state index in [1.807, 2.05) is 0 Å². The van der Waals surface area contributed by atoms with Gasteiger partial charge in [-0.2, -0.15) is 5.10 Å². The lowest BCUT2D eigenvalue weighted by atomic mass is 10.0. The number of hydrogen-bond acceptors (Lipinski definition) is 3. The van der Waals surface area contributed by atoms with Crippen LogP contribution in [-0.2, 0) is 11.8 Å². The minimum Gasteiger partial charge on any atom is -0.381 e. The minimum atomic E-state index is 0.00157. The van der Waals surface area contributed by atoms with Crippen molar-refractivity contribution in [1.29, 1.82) is 0 Å². The maximum absolute atomic E-state index is 12.0. The van der Waals surface area contributed by atoms with E-state index in [2.05, 4.69) is 21.0 Å². The van der Waals surface area contributed by atoms with Gasteiger partial charge >= 0.3 is 0 Å². The van der Waals surface area contributed by atoms with E-state index in [4.69, 9.17) is 4.74 Å². The van der Waals surface area contributed by atoms with Crippen molar-refractivity contribution >= 4 is 21.7 Å². The van der Waals surface area contributed by atoms with E-state index in [0.29, 0.717) is 18.9 Å². The van der Waals surface area contributed by atoms with Gasteiger partial charge in [-0.25, -0.2) is 0 Å². The fraction of sp³-hybridized carbons (Fsp3) is 0.556. The van der Waals surface area contributed by atoms with E-state index in [0.717, 1.165) is 10.9 Å². The summed E-state index contributed by atoms with van der Waals surface area (Å²) in [5.41, 5.74) is 0.639. The van der Waals surface area contributed by atoms with Crippen LogP contribution in [0.15, 0.2) is 10.7 Å². The molecule has 1 aromatic rings. The Labute approximate surface area is 90.4 Å². The van der Waals surface area contributed by atoms with Gasteiger partial charge in [-0.1, -0.05) is 0 Å². The van der Waals surface area contributed by atoms with Crippen LogP contribution in [0.1, 0.15) is 16.9 Å². The monoisotopic (exact) mass is 258 g/mol. The molecule has 0 bridgehead atoms. The molecule has 0 spiro atoms. The average molecular weight is 259 g/mol. The third-order valence-electron chi connectivity index (χ3n) is 2.43. The first-order chi connectivity index (χ1) is 6.70. The zero-order valence-electron chi connectivity index (χ0n) is 7.86. The van der Waals surface area contributed by atoms with Crippen molar-refractivity contribution in [3.05, 3.63) is 16.4 Å². The summed E-state index contributed by atoms with van der Waals surface area (Å²) < 4.78 is 7.55. The minimum absolute atomic E-state index is 0.00157. The molecule has 0 aliphatic carbocycles. The third-order valence-corrected chi connectivity index (χ3v) is 3.01. The topological polar surface area (TPSA) is 44.1 Å². The van der Waals surface area contributed by atoms with E-state index < -0.39 is 0 Å². The summed E-state index contributed by atoms with van der Waals surface area (Å²) in [4.78, 5) is 12.0. The van der Waals surface area contributed by atoms with Crippen LogP contribution < -0.4 is 0 Å². The second kappa shape index (κ2) is 3.82. The predicted octanol–water partition coefficient (Wildman–Crippen LogP) is 1.40. The van der Waals surface area contributed by atoms with E-state index in [-0.39, 0.29) is 11.7 Å². The number of aromatic nitrogens is 2. The SMILES string of the molecule is Cn1ncc(Br)c1C(=O)C1CCOC1. The second-order valence-corrected chi connectivity index (χ2v) is 4.24. The Morgan fingerprint density at radius 1 is 1.79 bits per heavy atom. The van der Waals surface area contributed by atoms with E-state index in [1.54, 1.807) is 17.9 Å². The molecule has 1 unspecified atom stereocenters. The summed E-state index contributed by atoms with van der Waals surface area (Å²) in [7, 11) is 1.77. The van der Waals surface area contributed by atoms with Gasteiger partial charge in [0.15, 0.2) is 5.78 Å². The molecule has 14 heavy (non-hydrogen) atoms. The number of ketones is 1. The van der Waals surface area contributed by atoms with Gasteiger partial charge in [-0.15, -0.1) is 0 Å². The number of ether oxygens (including phenoxy) is 1. The van der Waals surface area contributed by atoms with Crippen molar-refractivity contribution in [3.63, 3.8) is 0 Å². The fourth-order valence-corrected chi connectivity index (χ4v) is 2.17. The number of aryl methyl sites for hydroxylation is 1. The molecule has 5 heteroatoms. The second-order valence-electron chi connectivity index (χ2n) is 3.39. The first kappa shape index (κ1) is 9.86. The Kier molecular flexibility index (Phi) is 2.69. The average Bonchev–Trinajstić information content (AvgIpc) is 2.75. The Bertz CT molecular complexity index is 336. The third kappa shape index (κ3) is 1.62. The smallest absolute Gasteiger partial charge is 0.187 e. The van der Waals surface area contributed by atoms with E-state index >= 15 is 0 Å². The maximum atomic E-state index is 12.0. The van der Waals surface area contributed by atoms with E-state index in [1.165, 1.54) is 0 Å². The van der Waals surface area contributed by atoms with Crippen LogP contribution >= 0.6 is 15.9 Å². The van der Waals surface area contributed by atoms with Crippen LogP contribution in [0.3, 0.4) is 0 Å². The first-order valence-corrected chi connectivity index (χ1v) is 5.29. The molecule has 2 rings (SSSR count).